The summed E-state index contributed by atoms with van der Waals surface area (Å²) in [5, 5.41) is 2.87. The Labute approximate surface area is 150 Å². The third kappa shape index (κ3) is 4.14. The largest absolute Gasteiger partial charge is 0.461 e. The van der Waals surface area contributed by atoms with Crippen LogP contribution >= 0.6 is 0 Å². The first-order valence-corrected chi connectivity index (χ1v) is 9.29. The summed E-state index contributed by atoms with van der Waals surface area (Å²) in [5.41, 5.74) is -0.865. The Bertz CT molecular complexity index is 524. The van der Waals surface area contributed by atoms with Gasteiger partial charge in [-0.15, -0.1) is 0 Å². The number of likely N-dealkylation sites (tertiary alicyclic amines) is 1. The van der Waals surface area contributed by atoms with Gasteiger partial charge in [0.25, 0.3) is 5.91 Å². The van der Waals surface area contributed by atoms with Crippen molar-refractivity contribution >= 4 is 17.9 Å². The molecule has 2 heterocycles. The molecule has 0 aromatic carbocycles. The Kier molecular flexibility index (Phi) is 6.08. The predicted molar refractivity (Wildman–Crippen MR) is 93.9 cm³/mol. The Balaban J connectivity index is 2.10. The van der Waals surface area contributed by atoms with Crippen molar-refractivity contribution in [2.24, 2.45) is 5.92 Å². The molecule has 25 heavy (non-hydrogen) atoms. The minimum Gasteiger partial charge on any atom is -0.461 e. The maximum absolute atomic E-state index is 13.0. The molecule has 2 aliphatic rings. The Morgan fingerprint density at radius 2 is 1.80 bits per heavy atom. The average molecular weight is 353 g/mol. The van der Waals surface area contributed by atoms with Crippen molar-refractivity contribution in [3.8, 4) is 0 Å². The number of esters is 1. The molecular weight excluding hydrogens is 322 g/mol. The normalized spacial score (nSPS) is 22.0. The summed E-state index contributed by atoms with van der Waals surface area (Å²) in [5.74, 6) is -0.237. The van der Waals surface area contributed by atoms with Gasteiger partial charge in [-0.1, -0.05) is 20.8 Å². The van der Waals surface area contributed by atoms with E-state index in [-0.39, 0.29) is 12.0 Å². The second-order valence-corrected chi connectivity index (χ2v) is 7.79. The Morgan fingerprint density at radius 1 is 1.20 bits per heavy atom. The van der Waals surface area contributed by atoms with Gasteiger partial charge in [-0.3, -0.25) is 4.79 Å². The molecule has 1 spiro atoms. The summed E-state index contributed by atoms with van der Waals surface area (Å²) >= 11 is 0. The van der Waals surface area contributed by atoms with E-state index < -0.39 is 23.6 Å². The number of nitrogens with one attached hydrogen (secondary N) is 1. The molecule has 0 bridgehead atoms. The Hall–Kier alpha value is -1.63. The average Bonchev–Trinajstić information content (AvgIpc) is 2.74. The number of imide groups is 1. The zero-order valence-corrected chi connectivity index (χ0v) is 16.0. The van der Waals surface area contributed by atoms with E-state index in [4.69, 9.17) is 4.74 Å². The van der Waals surface area contributed by atoms with Gasteiger partial charge in [0.2, 0.25) is 0 Å². The van der Waals surface area contributed by atoms with E-state index in [1.54, 1.807) is 20.8 Å². The summed E-state index contributed by atoms with van der Waals surface area (Å²) in [4.78, 5) is 41.2. The van der Waals surface area contributed by atoms with Gasteiger partial charge in [0.1, 0.15) is 11.6 Å². The fourth-order valence-electron chi connectivity index (χ4n) is 3.66. The molecule has 0 radical (unpaired) electrons. The number of hydrogen-bond acceptors (Lipinski definition) is 5. The van der Waals surface area contributed by atoms with Crippen molar-refractivity contribution in [2.75, 3.05) is 19.6 Å². The fraction of sp³-hybridized carbons (Fsp3) is 0.833. The van der Waals surface area contributed by atoms with E-state index in [0.29, 0.717) is 25.2 Å². The summed E-state index contributed by atoms with van der Waals surface area (Å²) in [6.07, 6.45) is 1.23. The maximum Gasteiger partial charge on any atom is 0.329 e. The number of carbonyl (C=O) groups is 3. The number of piperidine rings is 1. The summed E-state index contributed by atoms with van der Waals surface area (Å²) in [6, 6.07) is -1.34. The molecule has 3 amide bonds. The molecule has 142 valence electrons. The van der Waals surface area contributed by atoms with E-state index in [2.05, 4.69) is 24.1 Å². The lowest BCUT2D eigenvalue weighted by atomic mass is 9.87. The topological polar surface area (TPSA) is 79.0 Å². The number of urea groups is 1. The van der Waals surface area contributed by atoms with Crippen molar-refractivity contribution < 1.29 is 19.1 Å². The maximum atomic E-state index is 13.0. The van der Waals surface area contributed by atoms with Crippen LogP contribution in [0, 0.1) is 5.92 Å². The molecule has 1 unspecified atom stereocenters. The van der Waals surface area contributed by atoms with Crippen LogP contribution in [0.4, 0.5) is 4.79 Å². The van der Waals surface area contributed by atoms with Crippen molar-refractivity contribution in [1.29, 1.82) is 0 Å². The number of carbonyl (C=O) groups excluding carboxylic acids is 3. The van der Waals surface area contributed by atoms with Gasteiger partial charge in [0, 0.05) is 19.6 Å². The highest BCUT2D eigenvalue weighted by molar-refractivity contribution is 6.09. The van der Waals surface area contributed by atoms with E-state index in [9.17, 15) is 14.4 Å². The monoisotopic (exact) mass is 353 g/mol. The van der Waals surface area contributed by atoms with E-state index in [1.165, 1.54) is 0 Å². The van der Waals surface area contributed by atoms with Crippen LogP contribution in [0.15, 0.2) is 0 Å². The molecule has 2 rings (SSSR count). The lowest BCUT2D eigenvalue weighted by Gasteiger charge is -2.38. The second kappa shape index (κ2) is 7.72. The molecule has 1 atom stereocenters. The first kappa shape index (κ1) is 19.7. The van der Waals surface area contributed by atoms with Crippen LogP contribution in [0.5, 0.6) is 0 Å². The smallest absolute Gasteiger partial charge is 0.329 e. The third-order valence-electron chi connectivity index (χ3n) is 4.85. The zero-order valence-electron chi connectivity index (χ0n) is 16.0. The lowest BCUT2D eigenvalue weighted by Crippen LogP contribution is -2.56. The highest BCUT2D eigenvalue weighted by Gasteiger charge is 2.55. The highest BCUT2D eigenvalue weighted by atomic mass is 16.5. The number of rotatable bonds is 6. The molecule has 0 aliphatic carbocycles. The van der Waals surface area contributed by atoms with Crippen LogP contribution in [0.1, 0.15) is 53.9 Å². The van der Waals surface area contributed by atoms with Gasteiger partial charge in [-0.25, -0.2) is 14.5 Å². The number of hydrogen-bond donors (Lipinski definition) is 1. The number of nitrogens with zero attached hydrogens (tertiary/aromatic N) is 2. The molecule has 0 aromatic rings. The summed E-state index contributed by atoms with van der Waals surface area (Å²) < 4.78 is 5.23. The third-order valence-corrected chi connectivity index (χ3v) is 4.85. The molecule has 1 N–H and O–H groups in total. The van der Waals surface area contributed by atoms with Crippen LogP contribution in [0.25, 0.3) is 0 Å². The predicted octanol–water partition coefficient (Wildman–Crippen LogP) is 1.76. The van der Waals surface area contributed by atoms with Gasteiger partial charge in [-0.2, -0.15) is 0 Å². The number of ether oxygens (including phenoxy) is 1. The van der Waals surface area contributed by atoms with Gasteiger partial charge >= 0.3 is 12.0 Å². The van der Waals surface area contributed by atoms with Gasteiger partial charge in [0.05, 0.1) is 6.10 Å². The van der Waals surface area contributed by atoms with Crippen molar-refractivity contribution in [3.05, 3.63) is 0 Å². The van der Waals surface area contributed by atoms with E-state index in [1.807, 2.05) is 0 Å². The second-order valence-electron chi connectivity index (χ2n) is 7.79. The molecule has 2 saturated heterocycles. The molecular formula is C18H31N3O4. The number of amides is 3. The quantitative estimate of drug-likeness (QED) is 0.581. The van der Waals surface area contributed by atoms with Crippen LogP contribution in [0.3, 0.4) is 0 Å². The minimum atomic E-state index is -0.865. The van der Waals surface area contributed by atoms with Crippen molar-refractivity contribution in [1.82, 2.24) is 15.1 Å². The molecule has 0 saturated carbocycles. The molecule has 7 nitrogen and oxygen atoms in total. The van der Waals surface area contributed by atoms with Gasteiger partial charge < -0.3 is 15.0 Å². The van der Waals surface area contributed by atoms with Crippen LogP contribution in [-0.4, -0.2) is 65.0 Å². The first-order chi connectivity index (χ1) is 11.7. The fourth-order valence-corrected chi connectivity index (χ4v) is 3.66. The van der Waals surface area contributed by atoms with Crippen LogP contribution in [0.2, 0.25) is 0 Å². The zero-order chi connectivity index (χ0) is 18.8. The minimum absolute atomic E-state index is 0.282. The van der Waals surface area contributed by atoms with Crippen molar-refractivity contribution in [2.45, 2.75) is 71.6 Å². The Morgan fingerprint density at radius 3 is 2.28 bits per heavy atom. The molecule has 0 aromatic heterocycles. The van der Waals surface area contributed by atoms with Crippen LogP contribution < -0.4 is 5.32 Å². The SMILES string of the molecule is CCC(C(=O)OC(C)C)N1C(=O)NC2(CCN(CC(C)C)CC2)C1=O. The molecule has 7 heteroatoms. The summed E-state index contributed by atoms with van der Waals surface area (Å²) in [6.45, 7) is 12.1. The summed E-state index contributed by atoms with van der Waals surface area (Å²) in [7, 11) is 0. The van der Waals surface area contributed by atoms with Crippen molar-refractivity contribution in [3.63, 3.8) is 0 Å². The first-order valence-electron chi connectivity index (χ1n) is 9.29. The van der Waals surface area contributed by atoms with Gasteiger partial charge in [0.15, 0.2) is 0 Å². The lowest BCUT2D eigenvalue weighted by molar-refractivity contribution is -0.156. The molecule has 2 aliphatic heterocycles. The van der Waals surface area contributed by atoms with E-state index in [0.717, 1.165) is 24.5 Å². The molecule has 2 fully saturated rings. The van der Waals surface area contributed by atoms with E-state index >= 15 is 0 Å². The van der Waals surface area contributed by atoms with Crippen LogP contribution in [-0.2, 0) is 14.3 Å². The highest BCUT2D eigenvalue weighted by Crippen LogP contribution is 2.31. The van der Waals surface area contributed by atoms with Gasteiger partial charge in [-0.05, 0) is 39.0 Å². The standard InChI is InChI=1S/C18H31N3O4/c1-6-14(15(22)25-13(4)5)21-16(23)18(19-17(21)24)7-9-20(10-8-18)11-12(2)3/h12-14H,6-11H2,1-5H3,(H,19,24).